The Labute approximate surface area is 125 Å². The number of carboxylic acid groups (broad SMARTS) is 1. The number of carbonyl (C=O) groups is 2. The van der Waals surface area contributed by atoms with Gasteiger partial charge in [-0.1, -0.05) is 11.6 Å². The zero-order valence-corrected chi connectivity index (χ0v) is 11.9. The van der Waals surface area contributed by atoms with Crippen LogP contribution in [0, 0.1) is 10.1 Å². The molecular formula is C12H13ClN2O6. The van der Waals surface area contributed by atoms with Crippen molar-refractivity contribution in [2.45, 2.75) is 6.42 Å². The van der Waals surface area contributed by atoms with Gasteiger partial charge in [0.1, 0.15) is 6.54 Å². The molecule has 0 radical (unpaired) electrons. The monoisotopic (exact) mass is 316 g/mol. The van der Waals surface area contributed by atoms with Gasteiger partial charge in [0.25, 0.3) is 0 Å². The summed E-state index contributed by atoms with van der Waals surface area (Å²) in [6.07, 6.45) is -0.0937. The lowest BCUT2D eigenvalue weighted by molar-refractivity contribution is -0.385. The summed E-state index contributed by atoms with van der Waals surface area (Å²) in [6, 6.07) is 3.92. The van der Waals surface area contributed by atoms with E-state index in [9.17, 15) is 19.7 Å². The molecule has 0 aliphatic heterocycles. The highest BCUT2D eigenvalue weighted by molar-refractivity contribution is 6.30. The smallest absolute Gasteiger partial charge is 0.323 e. The van der Waals surface area contributed by atoms with Gasteiger partial charge >= 0.3 is 11.7 Å². The lowest BCUT2D eigenvalue weighted by atomic mass is 10.3. The van der Waals surface area contributed by atoms with E-state index < -0.39 is 23.3 Å². The summed E-state index contributed by atoms with van der Waals surface area (Å²) in [4.78, 5) is 33.2. The Morgan fingerprint density at radius 1 is 1.48 bits per heavy atom. The fourth-order valence-corrected chi connectivity index (χ4v) is 1.65. The molecule has 21 heavy (non-hydrogen) atoms. The number of nitrogens with zero attached hydrogens (tertiary/aromatic N) is 2. The van der Waals surface area contributed by atoms with Crippen LogP contribution in [0.4, 0.5) is 5.69 Å². The van der Waals surface area contributed by atoms with Crippen LogP contribution in [0.15, 0.2) is 18.2 Å². The number of ether oxygens (including phenoxy) is 1. The SMILES string of the molecule is CN(CC(=O)O)C(=O)CCOc1ccc(Cl)cc1[N+](=O)[O-]. The summed E-state index contributed by atoms with van der Waals surface area (Å²) < 4.78 is 5.18. The van der Waals surface area contributed by atoms with Crippen LogP contribution in [0.1, 0.15) is 6.42 Å². The minimum absolute atomic E-state index is 0.00177. The summed E-state index contributed by atoms with van der Waals surface area (Å²) in [5.41, 5.74) is -0.297. The van der Waals surface area contributed by atoms with Crippen LogP contribution in [-0.4, -0.2) is 47.0 Å². The lowest BCUT2D eigenvalue weighted by Gasteiger charge is -2.14. The molecule has 8 nitrogen and oxygen atoms in total. The third-order valence-corrected chi connectivity index (χ3v) is 2.72. The number of rotatable bonds is 7. The summed E-state index contributed by atoms with van der Waals surface area (Å²) in [6.45, 7) is -0.523. The van der Waals surface area contributed by atoms with Crippen LogP contribution in [0.5, 0.6) is 5.75 Å². The Hall–Kier alpha value is -2.35. The van der Waals surface area contributed by atoms with E-state index in [0.717, 1.165) is 11.0 Å². The van der Waals surface area contributed by atoms with Crippen LogP contribution in [-0.2, 0) is 9.59 Å². The first kappa shape index (κ1) is 16.7. The topological polar surface area (TPSA) is 110 Å². The largest absolute Gasteiger partial charge is 0.486 e. The maximum atomic E-state index is 11.6. The second-order valence-corrected chi connectivity index (χ2v) is 4.55. The molecule has 0 fully saturated rings. The van der Waals surface area contributed by atoms with Crippen LogP contribution >= 0.6 is 11.6 Å². The molecular weight excluding hydrogens is 304 g/mol. The number of hydrogen-bond acceptors (Lipinski definition) is 5. The Morgan fingerprint density at radius 2 is 2.14 bits per heavy atom. The van der Waals surface area contributed by atoms with Gasteiger partial charge in [-0.25, -0.2) is 0 Å². The molecule has 0 aliphatic rings. The third-order valence-electron chi connectivity index (χ3n) is 2.49. The highest BCUT2D eigenvalue weighted by atomic mass is 35.5. The van der Waals surface area contributed by atoms with Gasteiger partial charge < -0.3 is 14.7 Å². The van der Waals surface area contributed by atoms with Crippen LogP contribution in [0.2, 0.25) is 5.02 Å². The van der Waals surface area contributed by atoms with Gasteiger partial charge in [0.2, 0.25) is 5.91 Å². The molecule has 0 heterocycles. The minimum Gasteiger partial charge on any atom is -0.486 e. The van der Waals surface area contributed by atoms with Crippen molar-refractivity contribution in [1.82, 2.24) is 4.90 Å². The second-order valence-electron chi connectivity index (χ2n) is 4.11. The molecule has 114 valence electrons. The maximum absolute atomic E-state index is 11.6. The first-order valence-corrected chi connectivity index (χ1v) is 6.21. The van der Waals surface area contributed by atoms with Crippen molar-refractivity contribution in [2.24, 2.45) is 0 Å². The molecule has 0 saturated carbocycles. The molecule has 1 rings (SSSR count). The highest BCUT2D eigenvalue weighted by Crippen LogP contribution is 2.29. The van der Waals surface area contributed by atoms with E-state index in [0.29, 0.717) is 0 Å². The number of amides is 1. The number of likely N-dealkylation sites (N-methyl/N-ethyl adjacent to an activating group) is 1. The molecule has 1 aromatic carbocycles. The third kappa shape index (κ3) is 5.27. The Kier molecular flexibility index (Phi) is 5.92. The highest BCUT2D eigenvalue weighted by Gasteiger charge is 2.17. The van der Waals surface area contributed by atoms with E-state index >= 15 is 0 Å². The molecule has 1 N–H and O–H groups in total. The van der Waals surface area contributed by atoms with Gasteiger partial charge in [-0.2, -0.15) is 0 Å². The summed E-state index contributed by atoms with van der Waals surface area (Å²) in [5, 5.41) is 19.6. The van der Waals surface area contributed by atoms with Crippen molar-refractivity contribution in [2.75, 3.05) is 20.2 Å². The minimum atomic E-state index is -1.12. The number of halogens is 1. The number of carboxylic acids is 1. The number of nitro groups is 1. The summed E-state index contributed by atoms with van der Waals surface area (Å²) in [7, 11) is 1.35. The van der Waals surface area contributed by atoms with Gasteiger partial charge in [-0.05, 0) is 12.1 Å². The molecule has 9 heteroatoms. The van der Waals surface area contributed by atoms with Crippen LogP contribution < -0.4 is 4.74 Å². The Bertz CT molecular complexity index is 563. The molecule has 1 aromatic rings. The molecule has 0 unspecified atom stereocenters. The first-order chi connectivity index (χ1) is 9.81. The van der Waals surface area contributed by atoms with Crippen molar-refractivity contribution in [1.29, 1.82) is 0 Å². The number of benzene rings is 1. The van der Waals surface area contributed by atoms with Crippen molar-refractivity contribution in [3.05, 3.63) is 33.3 Å². The quantitative estimate of drug-likeness (QED) is 0.603. The first-order valence-electron chi connectivity index (χ1n) is 5.83. The summed E-state index contributed by atoms with van der Waals surface area (Å²) >= 11 is 5.66. The van der Waals surface area contributed by atoms with E-state index in [2.05, 4.69) is 0 Å². The van der Waals surface area contributed by atoms with E-state index in [1.54, 1.807) is 0 Å². The fourth-order valence-electron chi connectivity index (χ4n) is 1.49. The van der Waals surface area contributed by atoms with Crippen LogP contribution in [0.25, 0.3) is 0 Å². The zero-order valence-electron chi connectivity index (χ0n) is 11.1. The number of aliphatic carboxylic acids is 1. The average molecular weight is 317 g/mol. The Morgan fingerprint density at radius 3 is 2.71 bits per heavy atom. The normalized spacial score (nSPS) is 10.0. The number of carbonyl (C=O) groups excluding carboxylic acids is 1. The van der Waals surface area contributed by atoms with E-state index in [-0.39, 0.29) is 29.5 Å². The van der Waals surface area contributed by atoms with Crippen LogP contribution in [0.3, 0.4) is 0 Å². The van der Waals surface area contributed by atoms with E-state index in [1.807, 2.05) is 0 Å². The van der Waals surface area contributed by atoms with Gasteiger partial charge in [-0.3, -0.25) is 19.7 Å². The zero-order chi connectivity index (χ0) is 16.0. The maximum Gasteiger partial charge on any atom is 0.323 e. The molecule has 0 atom stereocenters. The predicted octanol–water partition coefficient (Wildman–Crippen LogP) is 1.56. The van der Waals surface area contributed by atoms with Crippen molar-refractivity contribution in [3.63, 3.8) is 0 Å². The fraction of sp³-hybridized carbons (Fsp3) is 0.333. The van der Waals surface area contributed by atoms with Gasteiger partial charge in [0.05, 0.1) is 18.0 Å². The standard InChI is InChI=1S/C12H13ClN2O6/c1-14(7-12(17)18)11(16)4-5-21-10-3-2-8(13)6-9(10)15(19)20/h2-3,6H,4-5,7H2,1H3,(H,17,18). The molecule has 0 saturated heterocycles. The molecule has 1 amide bonds. The van der Waals surface area contributed by atoms with Gasteiger partial charge in [0, 0.05) is 18.1 Å². The average Bonchev–Trinajstić information content (AvgIpc) is 2.39. The van der Waals surface area contributed by atoms with E-state index in [1.165, 1.54) is 19.2 Å². The van der Waals surface area contributed by atoms with Gasteiger partial charge in [-0.15, -0.1) is 0 Å². The van der Waals surface area contributed by atoms with Crippen molar-refractivity contribution in [3.8, 4) is 5.75 Å². The Balaban J connectivity index is 2.58. The second kappa shape index (κ2) is 7.44. The number of nitro benzene ring substituents is 1. The number of hydrogen-bond donors (Lipinski definition) is 1. The molecule has 0 aliphatic carbocycles. The van der Waals surface area contributed by atoms with E-state index in [4.69, 9.17) is 21.4 Å². The molecule has 0 spiro atoms. The van der Waals surface area contributed by atoms with Crippen molar-refractivity contribution < 1.29 is 24.4 Å². The molecule has 0 bridgehead atoms. The summed E-state index contributed by atoms with van der Waals surface area (Å²) in [5.74, 6) is -1.56. The van der Waals surface area contributed by atoms with Gasteiger partial charge in [0.15, 0.2) is 5.75 Å². The molecule has 0 aromatic heterocycles. The lowest BCUT2D eigenvalue weighted by Crippen LogP contribution is -2.32. The van der Waals surface area contributed by atoms with Crippen molar-refractivity contribution >= 4 is 29.2 Å². The predicted molar refractivity (Wildman–Crippen MR) is 73.5 cm³/mol.